The second-order valence-electron chi connectivity index (χ2n) is 8.42. The smallest absolute Gasteiger partial charge is 0.258 e. The zero-order valence-electron chi connectivity index (χ0n) is 17.6. The summed E-state index contributed by atoms with van der Waals surface area (Å²) < 4.78 is 0. The van der Waals surface area contributed by atoms with Gasteiger partial charge in [-0.1, -0.05) is 17.7 Å². The fraction of sp³-hybridized carbons (Fsp3) is 0.261. The van der Waals surface area contributed by atoms with E-state index in [1.54, 1.807) is 26.1 Å². The van der Waals surface area contributed by atoms with Crippen LogP contribution in [0.2, 0.25) is 5.02 Å². The van der Waals surface area contributed by atoms with Gasteiger partial charge >= 0.3 is 0 Å². The van der Waals surface area contributed by atoms with Crippen LogP contribution in [0.3, 0.4) is 0 Å². The maximum absolute atomic E-state index is 12.4. The summed E-state index contributed by atoms with van der Waals surface area (Å²) in [7, 11) is 0. The average molecular weight is 449 g/mol. The lowest BCUT2D eigenvalue weighted by Gasteiger charge is -2.31. The van der Waals surface area contributed by atoms with Gasteiger partial charge in [0.25, 0.3) is 5.91 Å². The molecule has 0 radical (unpaired) electrons. The van der Waals surface area contributed by atoms with Gasteiger partial charge in [-0.15, -0.1) is 0 Å². The molecule has 3 aromatic rings. The van der Waals surface area contributed by atoms with E-state index in [0.717, 1.165) is 35.7 Å². The van der Waals surface area contributed by atoms with E-state index in [2.05, 4.69) is 30.5 Å². The maximum Gasteiger partial charge on any atom is 0.258 e. The molecule has 0 atom stereocenters. The normalized spacial score (nSPS) is 16.8. The standard InChI is InChI=1S/C23H21ClN6O2/c1-23(2)16-6-5-13(10-15(16)21(31)29-22(23)32)28-19-14-7-9-30(11-18(14)26-12-27-19)20-17(24)4-3-8-25-20/h3-6,8,10,12H,7,9,11H2,1-2H3,(H,26,27,28)(H,29,31,32). The zero-order valence-corrected chi connectivity index (χ0v) is 18.4. The van der Waals surface area contributed by atoms with Crippen LogP contribution in [0.1, 0.15) is 41.0 Å². The molecule has 2 N–H and O–H groups in total. The number of halogens is 1. The Bertz CT molecular complexity index is 1260. The van der Waals surface area contributed by atoms with Crippen molar-refractivity contribution < 1.29 is 9.59 Å². The number of aromatic nitrogens is 3. The van der Waals surface area contributed by atoms with Crippen molar-refractivity contribution in [2.45, 2.75) is 32.2 Å². The topological polar surface area (TPSA) is 100 Å². The minimum atomic E-state index is -0.772. The highest BCUT2D eigenvalue weighted by Gasteiger charge is 2.39. The van der Waals surface area contributed by atoms with E-state index in [4.69, 9.17) is 11.6 Å². The molecular formula is C23H21ClN6O2. The Morgan fingerprint density at radius 3 is 2.81 bits per heavy atom. The van der Waals surface area contributed by atoms with E-state index in [0.29, 0.717) is 28.5 Å². The van der Waals surface area contributed by atoms with E-state index in [1.807, 2.05) is 24.3 Å². The summed E-state index contributed by atoms with van der Waals surface area (Å²) in [4.78, 5) is 40.0. The second-order valence-corrected chi connectivity index (χ2v) is 8.83. The Morgan fingerprint density at radius 2 is 2.00 bits per heavy atom. The molecule has 0 spiro atoms. The minimum Gasteiger partial charge on any atom is -0.349 e. The van der Waals surface area contributed by atoms with Crippen molar-refractivity contribution >= 4 is 40.7 Å². The fourth-order valence-electron chi connectivity index (χ4n) is 4.19. The molecule has 4 heterocycles. The predicted molar refractivity (Wildman–Crippen MR) is 121 cm³/mol. The number of pyridine rings is 1. The summed E-state index contributed by atoms with van der Waals surface area (Å²) in [6.07, 6.45) is 3.97. The molecule has 32 heavy (non-hydrogen) atoms. The van der Waals surface area contributed by atoms with Crippen LogP contribution in [-0.2, 0) is 23.2 Å². The van der Waals surface area contributed by atoms with E-state index >= 15 is 0 Å². The number of rotatable bonds is 3. The molecule has 0 fully saturated rings. The highest BCUT2D eigenvalue weighted by molar-refractivity contribution is 6.32. The molecule has 9 heteroatoms. The first-order valence-corrected chi connectivity index (χ1v) is 10.7. The average Bonchev–Trinajstić information content (AvgIpc) is 2.78. The molecular weight excluding hydrogens is 428 g/mol. The van der Waals surface area contributed by atoms with Crippen LogP contribution in [0.4, 0.5) is 17.3 Å². The highest BCUT2D eigenvalue weighted by Crippen LogP contribution is 2.34. The first kappa shape index (κ1) is 20.4. The summed E-state index contributed by atoms with van der Waals surface area (Å²) in [5.74, 6) is 0.762. The minimum absolute atomic E-state index is 0.293. The molecule has 0 saturated heterocycles. The van der Waals surface area contributed by atoms with Crippen LogP contribution < -0.4 is 15.5 Å². The number of imide groups is 1. The molecule has 2 amide bonds. The number of carbonyl (C=O) groups is 2. The highest BCUT2D eigenvalue weighted by atomic mass is 35.5. The molecule has 0 unspecified atom stereocenters. The van der Waals surface area contributed by atoms with Crippen molar-refractivity contribution in [1.29, 1.82) is 0 Å². The summed E-state index contributed by atoms with van der Waals surface area (Å²) in [6, 6.07) is 9.09. The first-order chi connectivity index (χ1) is 15.3. The largest absolute Gasteiger partial charge is 0.349 e. The summed E-state index contributed by atoms with van der Waals surface area (Å²) in [5.41, 5.74) is 3.07. The van der Waals surface area contributed by atoms with E-state index < -0.39 is 5.41 Å². The van der Waals surface area contributed by atoms with Crippen LogP contribution in [-0.4, -0.2) is 33.3 Å². The van der Waals surface area contributed by atoms with Crippen LogP contribution in [0.25, 0.3) is 0 Å². The summed E-state index contributed by atoms with van der Waals surface area (Å²) in [6.45, 7) is 4.92. The van der Waals surface area contributed by atoms with E-state index in [1.165, 1.54) is 6.33 Å². The Labute approximate surface area is 190 Å². The lowest BCUT2D eigenvalue weighted by Crippen LogP contribution is -2.48. The molecule has 0 bridgehead atoms. The van der Waals surface area contributed by atoms with Gasteiger partial charge in [0.15, 0.2) is 0 Å². The third kappa shape index (κ3) is 3.36. The monoisotopic (exact) mass is 448 g/mol. The van der Waals surface area contributed by atoms with Crippen molar-refractivity contribution in [3.63, 3.8) is 0 Å². The van der Waals surface area contributed by atoms with Gasteiger partial charge in [-0.2, -0.15) is 0 Å². The summed E-state index contributed by atoms with van der Waals surface area (Å²) >= 11 is 6.32. The lowest BCUT2D eigenvalue weighted by atomic mass is 9.78. The Morgan fingerprint density at radius 1 is 1.16 bits per heavy atom. The third-order valence-corrected chi connectivity index (χ3v) is 6.34. The number of hydrogen-bond donors (Lipinski definition) is 2. The van der Waals surface area contributed by atoms with E-state index in [-0.39, 0.29) is 11.8 Å². The zero-order chi connectivity index (χ0) is 22.5. The van der Waals surface area contributed by atoms with Gasteiger partial charge in [-0.25, -0.2) is 15.0 Å². The number of nitrogens with zero attached hydrogens (tertiary/aromatic N) is 4. The van der Waals surface area contributed by atoms with Crippen molar-refractivity contribution in [2.24, 2.45) is 0 Å². The number of nitrogens with one attached hydrogen (secondary N) is 2. The predicted octanol–water partition coefficient (Wildman–Crippen LogP) is 3.38. The molecule has 2 aliphatic rings. The molecule has 0 saturated carbocycles. The molecule has 5 rings (SSSR count). The van der Waals surface area contributed by atoms with Crippen LogP contribution in [0.15, 0.2) is 42.9 Å². The van der Waals surface area contributed by atoms with Crippen LogP contribution in [0.5, 0.6) is 0 Å². The molecule has 8 nitrogen and oxygen atoms in total. The van der Waals surface area contributed by atoms with Crippen molar-refractivity contribution in [1.82, 2.24) is 20.3 Å². The van der Waals surface area contributed by atoms with Crippen molar-refractivity contribution in [2.75, 3.05) is 16.8 Å². The molecule has 0 aliphatic carbocycles. The van der Waals surface area contributed by atoms with Gasteiger partial charge < -0.3 is 10.2 Å². The SMILES string of the molecule is CC1(C)C(=O)NC(=O)c2cc(Nc3ncnc4c3CCN(c3ncccc3Cl)C4)ccc21. The van der Waals surface area contributed by atoms with Gasteiger partial charge in [0, 0.05) is 29.6 Å². The van der Waals surface area contributed by atoms with Gasteiger partial charge in [0.05, 0.1) is 22.7 Å². The Kier molecular flexibility index (Phi) is 4.82. The van der Waals surface area contributed by atoms with E-state index in [9.17, 15) is 9.59 Å². The number of anilines is 3. The number of hydrogen-bond acceptors (Lipinski definition) is 7. The van der Waals surface area contributed by atoms with Crippen molar-refractivity contribution in [3.05, 3.63) is 70.3 Å². The number of amides is 2. The molecule has 1 aromatic carbocycles. The van der Waals surface area contributed by atoms with Crippen LogP contribution >= 0.6 is 11.6 Å². The molecule has 2 aliphatic heterocycles. The number of fused-ring (bicyclic) bond motifs is 2. The van der Waals surface area contributed by atoms with Gasteiger partial charge in [0.2, 0.25) is 5.91 Å². The first-order valence-electron chi connectivity index (χ1n) is 10.3. The van der Waals surface area contributed by atoms with Gasteiger partial charge in [0.1, 0.15) is 18.0 Å². The summed E-state index contributed by atoms with van der Waals surface area (Å²) in [5, 5.41) is 6.38. The second kappa shape index (κ2) is 7.56. The number of carbonyl (C=O) groups excluding carboxylic acids is 2. The van der Waals surface area contributed by atoms with Crippen LogP contribution in [0, 0.1) is 0 Å². The third-order valence-electron chi connectivity index (χ3n) is 6.04. The number of benzene rings is 1. The van der Waals surface area contributed by atoms with Gasteiger partial charge in [-0.05, 0) is 50.1 Å². The fourth-order valence-corrected chi connectivity index (χ4v) is 4.43. The maximum atomic E-state index is 12.4. The molecule has 2 aromatic heterocycles. The Hall–Kier alpha value is -3.52. The van der Waals surface area contributed by atoms with Gasteiger partial charge in [-0.3, -0.25) is 14.9 Å². The quantitative estimate of drug-likeness (QED) is 0.592. The molecule has 162 valence electrons. The van der Waals surface area contributed by atoms with Crippen molar-refractivity contribution in [3.8, 4) is 0 Å². The lowest BCUT2D eigenvalue weighted by molar-refractivity contribution is -0.125. The Balaban J connectivity index is 1.43.